The Labute approximate surface area is 147 Å². The Morgan fingerprint density at radius 2 is 1.82 bits per heavy atom. The van der Waals surface area contributed by atoms with E-state index in [4.69, 9.17) is 0 Å². The number of likely N-dealkylation sites (tertiary alicyclic amines) is 1. The molecule has 1 atom stereocenters. The highest BCUT2D eigenvalue weighted by Crippen LogP contribution is 2.59. The van der Waals surface area contributed by atoms with Gasteiger partial charge in [0.1, 0.15) is 0 Å². The van der Waals surface area contributed by atoms with Gasteiger partial charge in [0.05, 0.1) is 0 Å². The molecule has 1 amide bonds. The third-order valence-corrected chi connectivity index (χ3v) is 5.99. The second-order valence-electron chi connectivity index (χ2n) is 6.98. The molecule has 130 valence electrons. The fraction of sp³-hybridized carbons (Fsp3) is 0.938. The van der Waals surface area contributed by atoms with Crippen LogP contribution >= 0.6 is 24.8 Å². The first-order valence-electron chi connectivity index (χ1n) is 8.36. The zero-order valence-corrected chi connectivity index (χ0v) is 15.5. The van der Waals surface area contributed by atoms with Gasteiger partial charge < -0.3 is 15.1 Å². The van der Waals surface area contributed by atoms with Crippen LogP contribution in [0.15, 0.2) is 0 Å². The maximum Gasteiger partial charge on any atom is 0.226 e. The van der Waals surface area contributed by atoms with E-state index in [2.05, 4.69) is 22.0 Å². The molecule has 0 aromatic rings. The van der Waals surface area contributed by atoms with Crippen LogP contribution in [0.1, 0.15) is 39.0 Å². The van der Waals surface area contributed by atoms with E-state index in [0.717, 1.165) is 52.0 Å². The first kappa shape index (κ1) is 20.0. The zero-order valence-electron chi connectivity index (χ0n) is 13.8. The molecule has 0 aromatic carbocycles. The molecule has 2 aliphatic heterocycles. The fourth-order valence-corrected chi connectivity index (χ4v) is 4.22. The van der Waals surface area contributed by atoms with Crippen molar-refractivity contribution in [3.8, 4) is 0 Å². The minimum absolute atomic E-state index is 0. The van der Waals surface area contributed by atoms with Crippen LogP contribution in [0.5, 0.6) is 0 Å². The predicted octanol–water partition coefficient (Wildman–Crippen LogP) is 2.16. The minimum Gasteiger partial charge on any atom is -0.342 e. The molecule has 2 heterocycles. The molecule has 3 rings (SSSR count). The molecule has 3 fully saturated rings. The molecule has 6 heteroatoms. The average molecular weight is 352 g/mol. The number of halogens is 2. The summed E-state index contributed by atoms with van der Waals surface area (Å²) in [7, 11) is 2.04. The Bertz CT molecular complexity index is 366. The van der Waals surface area contributed by atoms with Crippen LogP contribution < -0.4 is 5.32 Å². The number of carbonyl (C=O) groups is 1. The van der Waals surface area contributed by atoms with Crippen LogP contribution in [0.4, 0.5) is 0 Å². The number of amides is 1. The molecular formula is C16H31Cl2N3O. The minimum atomic E-state index is 0. The van der Waals surface area contributed by atoms with Crippen molar-refractivity contribution in [1.82, 2.24) is 15.1 Å². The molecule has 1 saturated carbocycles. The lowest BCUT2D eigenvalue weighted by Gasteiger charge is -2.37. The van der Waals surface area contributed by atoms with Crippen LogP contribution in [0.25, 0.3) is 0 Å². The van der Waals surface area contributed by atoms with Crippen molar-refractivity contribution >= 4 is 30.7 Å². The maximum absolute atomic E-state index is 12.7. The third kappa shape index (κ3) is 3.89. The summed E-state index contributed by atoms with van der Waals surface area (Å²) >= 11 is 0. The molecule has 1 unspecified atom stereocenters. The predicted molar refractivity (Wildman–Crippen MR) is 95.0 cm³/mol. The molecule has 4 nitrogen and oxygen atoms in total. The molecule has 3 aliphatic rings. The van der Waals surface area contributed by atoms with Crippen molar-refractivity contribution < 1.29 is 4.79 Å². The quantitative estimate of drug-likeness (QED) is 0.846. The molecule has 2 saturated heterocycles. The van der Waals surface area contributed by atoms with E-state index in [1.54, 1.807) is 0 Å². The highest BCUT2D eigenvalue weighted by Gasteiger charge is 2.58. The lowest BCUT2D eigenvalue weighted by molar-refractivity contribution is -0.135. The smallest absolute Gasteiger partial charge is 0.226 e. The lowest BCUT2D eigenvalue weighted by atomic mass is 9.91. The summed E-state index contributed by atoms with van der Waals surface area (Å²) in [5, 5.41) is 3.41. The van der Waals surface area contributed by atoms with Crippen molar-refractivity contribution in [3.05, 3.63) is 0 Å². The summed E-state index contributed by atoms with van der Waals surface area (Å²) in [6.45, 7) is 7.87. The molecule has 0 aromatic heterocycles. The van der Waals surface area contributed by atoms with Gasteiger partial charge in [-0.05, 0) is 57.2 Å². The largest absolute Gasteiger partial charge is 0.342 e. The summed E-state index contributed by atoms with van der Waals surface area (Å²) in [6.07, 6.45) is 5.84. The number of nitrogens with one attached hydrogen (secondary N) is 1. The normalized spacial score (nSPS) is 27.6. The molecule has 1 N–H and O–H groups in total. The monoisotopic (exact) mass is 351 g/mol. The molecule has 22 heavy (non-hydrogen) atoms. The average Bonchev–Trinajstić information content (AvgIpc) is 3.19. The van der Waals surface area contributed by atoms with Gasteiger partial charge in [-0.1, -0.05) is 6.92 Å². The van der Waals surface area contributed by atoms with E-state index in [1.165, 1.54) is 12.8 Å². The maximum atomic E-state index is 12.7. The Kier molecular flexibility index (Phi) is 7.44. The van der Waals surface area contributed by atoms with Gasteiger partial charge >= 0.3 is 0 Å². The van der Waals surface area contributed by atoms with E-state index in [1.807, 2.05) is 7.05 Å². The van der Waals surface area contributed by atoms with Crippen molar-refractivity contribution in [2.24, 2.45) is 11.3 Å². The van der Waals surface area contributed by atoms with E-state index < -0.39 is 0 Å². The summed E-state index contributed by atoms with van der Waals surface area (Å²) < 4.78 is 0. The molecule has 0 radical (unpaired) electrons. The number of piperidine rings is 2. The topological polar surface area (TPSA) is 35.6 Å². The Hall–Kier alpha value is -0.0300. The van der Waals surface area contributed by atoms with Crippen LogP contribution in [-0.4, -0.2) is 61.5 Å². The Morgan fingerprint density at radius 1 is 1.23 bits per heavy atom. The van der Waals surface area contributed by atoms with E-state index in [0.29, 0.717) is 23.3 Å². The van der Waals surface area contributed by atoms with Crippen LogP contribution in [0.2, 0.25) is 0 Å². The summed E-state index contributed by atoms with van der Waals surface area (Å²) in [5.41, 5.74) is 0.376. The van der Waals surface area contributed by atoms with Gasteiger partial charge in [0.15, 0.2) is 0 Å². The second kappa shape index (κ2) is 8.18. The Morgan fingerprint density at radius 3 is 2.36 bits per heavy atom. The van der Waals surface area contributed by atoms with Crippen molar-refractivity contribution in [3.63, 3.8) is 0 Å². The number of carbonyl (C=O) groups excluding carboxylic acids is 1. The lowest BCUT2D eigenvalue weighted by Crippen LogP contribution is -2.46. The second-order valence-corrected chi connectivity index (χ2v) is 6.98. The highest BCUT2D eigenvalue weighted by atomic mass is 35.5. The van der Waals surface area contributed by atoms with Gasteiger partial charge in [0.2, 0.25) is 5.91 Å². The summed E-state index contributed by atoms with van der Waals surface area (Å²) in [6, 6.07) is 0.477. The Balaban J connectivity index is 0.00000121. The first-order valence-corrected chi connectivity index (χ1v) is 8.36. The molecular weight excluding hydrogens is 321 g/mol. The van der Waals surface area contributed by atoms with E-state index in [-0.39, 0.29) is 24.8 Å². The fourth-order valence-electron chi connectivity index (χ4n) is 4.22. The van der Waals surface area contributed by atoms with Crippen LogP contribution in [-0.2, 0) is 4.79 Å². The van der Waals surface area contributed by atoms with Crippen molar-refractivity contribution in [2.75, 3.05) is 39.8 Å². The van der Waals surface area contributed by atoms with E-state index >= 15 is 0 Å². The van der Waals surface area contributed by atoms with E-state index in [9.17, 15) is 4.79 Å². The molecule has 1 aliphatic carbocycles. The molecule has 0 bridgehead atoms. The van der Waals surface area contributed by atoms with Crippen LogP contribution in [0, 0.1) is 11.3 Å². The summed E-state index contributed by atoms with van der Waals surface area (Å²) in [5.74, 6) is 0.764. The number of nitrogens with zero attached hydrogens (tertiary/aromatic N) is 2. The highest BCUT2D eigenvalue weighted by molar-refractivity contribution is 5.85. The first-order chi connectivity index (χ1) is 9.66. The van der Waals surface area contributed by atoms with Crippen molar-refractivity contribution in [2.45, 2.75) is 45.1 Å². The van der Waals surface area contributed by atoms with Gasteiger partial charge in [-0.25, -0.2) is 0 Å². The number of hydrogen-bond acceptors (Lipinski definition) is 3. The van der Waals surface area contributed by atoms with Crippen LogP contribution in [0.3, 0.4) is 0 Å². The van der Waals surface area contributed by atoms with Gasteiger partial charge in [-0.15, -0.1) is 24.8 Å². The standard InChI is InChI=1S/C16H29N3O.2ClH/c1-3-19-10-4-13(5-11-19)18(2)15(20)14-12-16(14)6-8-17-9-7-16;;/h13-14,17H,3-12H2,1-2H3;2*1H. The van der Waals surface area contributed by atoms with Crippen molar-refractivity contribution in [1.29, 1.82) is 0 Å². The van der Waals surface area contributed by atoms with Gasteiger partial charge in [-0.2, -0.15) is 0 Å². The van der Waals surface area contributed by atoms with Gasteiger partial charge in [0.25, 0.3) is 0 Å². The zero-order chi connectivity index (χ0) is 14.2. The number of hydrogen-bond donors (Lipinski definition) is 1. The number of rotatable bonds is 3. The molecule has 1 spiro atoms. The third-order valence-electron chi connectivity index (χ3n) is 5.99. The SMILES string of the molecule is CCN1CCC(N(C)C(=O)C2CC23CCNCC3)CC1.Cl.Cl. The van der Waals surface area contributed by atoms with Gasteiger partial charge in [0, 0.05) is 32.1 Å². The summed E-state index contributed by atoms with van der Waals surface area (Å²) in [4.78, 5) is 17.3. The van der Waals surface area contributed by atoms with Gasteiger partial charge in [-0.3, -0.25) is 4.79 Å².